The zero-order valence-corrected chi connectivity index (χ0v) is 12.7. The van der Waals surface area contributed by atoms with E-state index in [1.54, 1.807) is 0 Å². The molecule has 0 aromatic carbocycles. The molecule has 0 bridgehead atoms. The van der Waals surface area contributed by atoms with Crippen LogP contribution in [0.2, 0.25) is 0 Å². The fourth-order valence-electron chi connectivity index (χ4n) is 1.81. The molecule has 2 N–H and O–H groups in total. The number of rotatable bonds is 8. The van der Waals surface area contributed by atoms with Gasteiger partial charge in [-0.1, -0.05) is 28.0 Å². The van der Waals surface area contributed by atoms with Crippen LogP contribution in [0.5, 0.6) is 0 Å². The molecule has 0 radical (unpaired) electrons. The maximum atomic E-state index is 11.6. The summed E-state index contributed by atoms with van der Waals surface area (Å²) < 4.78 is 4.48. The summed E-state index contributed by atoms with van der Waals surface area (Å²) in [5.74, 6) is 0.403. The van der Waals surface area contributed by atoms with Gasteiger partial charge in [-0.2, -0.15) is 0 Å². The molecule has 0 spiro atoms. The third-order valence-electron chi connectivity index (χ3n) is 2.91. The lowest BCUT2D eigenvalue weighted by Gasteiger charge is -2.13. The average molecular weight is 307 g/mol. The maximum absolute atomic E-state index is 11.6. The average Bonchev–Trinajstić information content (AvgIpc) is 2.93. The molecule has 110 valence electrons. The number of hydrogen-bond donors (Lipinski definition) is 2. The Morgan fingerprint density at radius 3 is 2.84 bits per heavy atom. The van der Waals surface area contributed by atoms with E-state index in [1.165, 1.54) is 19.3 Å². The van der Waals surface area contributed by atoms with Crippen LogP contribution in [-0.2, 0) is 14.3 Å². The predicted molar refractivity (Wildman–Crippen MR) is 78.0 cm³/mol. The number of unbranched alkanes of at least 4 members (excludes halogenated alkanes) is 1. The van der Waals surface area contributed by atoms with E-state index in [1.807, 2.05) is 21.6 Å². The van der Waals surface area contributed by atoms with E-state index < -0.39 is 18.6 Å². The Morgan fingerprint density at radius 1 is 1.47 bits per heavy atom. The summed E-state index contributed by atoms with van der Waals surface area (Å²) in [6, 6.07) is -0.945. The number of carbonyl (C=O) groups excluding carboxylic acids is 2. The van der Waals surface area contributed by atoms with Crippen molar-refractivity contribution in [2.24, 2.45) is 0 Å². The highest BCUT2D eigenvalue weighted by atomic mass is 33.1. The highest BCUT2D eigenvalue weighted by Gasteiger charge is 2.20. The lowest BCUT2D eigenvalue weighted by Crippen LogP contribution is -2.43. The van der Waals surface area contributed by atoms with Gasteiger partial charge in [-0.25, -0.2) is 4.79 Å². The quantitative estimate of drug-likeness (QED) is 0.400. The minimum Gasteiger partial charge on any atom is -0.467 e. The molecular formula is C12H21NO4S2. The van der Waals surface area contributed by atoms with E-state index >= 15 is 0 Å². The van der Waals surface area contributed by atoms with Gasteiger partial charge in [0.05, 0.1) is 13.7 Å². The van der Waals surface area contributed by atoms with E-state index in [9.17, 15) is 9.59 Å². The van der Waals surface area contributed by atoms with Crippen LogP contribution in [0.25, 0.3) is 0 Å². The molecule has 19 heavy (non-hydrogen) atoms. The van der Waals surface area contributed by atoms with Crippen LogP contribution in [0.1, 0.15) is 32.1 Å². The van der Waals surface area contributed by atoms with E-state index in [2.05, 4.69) is 10.1 Å². The Morgan fingerprint density at radius 2 is 2.26 bits per heavy atom. The Hall–Kier alpha value is -0.400. The highest BCUT2D eigenvalue weighted by molar-refractivity contribution is 8.77. The first-order valence-electron chi connectivity index (χ1n) is 6.43. The monoisotopic (exact) mass is 307 g/mol. The van der Waals surface area contributed by atoms with Crippen LogP contribution < -0.4 is 5.32 Å². The molecule has 0 saturated carbocycles. The minimum atomic E-state index is -0.945. The van der Waals surface area contributed by atoms with Crippen molar-refractivity contribution in [1.82, 2.24) is 5.32 Å². The summed E-state index contributed by atoms with van der Waals surface area (Å²) in [6.45, 7) is -0.436. The molecule has 1 amide bonds. The number of methoxy groups -OCH3 is 1. The van der Waals surface area contributed by atoms with E-state index in [4.69, 9.17) is 5.11 Å². The molecular weight excluding hydrogens is 286 g/mol. The third kappa shape index (κ3) is 6.54. The van der Waals surface area contributed by atoms with Crippen molar-refractivity contribution in [3.63, 3.8) is 0 Å². The number of nitrogens with one attached hydrogen (secondary N) is 1. The summed E-state index contributed by atoms with van der Waals surface area (Å²) in [4.78, 5) is 22.8. The van der Waals surface area contributed by atoms with Gasteiger partial charge >= 0.3 is 5.97 Å². The minimum absolute atomic E-state index is 0.210. The molecule has 0 aromatic rings. The molecule has 1 aliphatic heterocycles. The standard InChI is InChI=1S/C12H21NO4S2/c1-17-12(16)10(8-14)13-11(15)5-3-2-4-9-6-7-18-19-9/h9-10,14H,2-8H2,1H3,(H,13,15)/t9?,10-/m0/s1. The maximum Gasteiger partial charge on any atom is 0.330 e. The second-order valence-corrected chi connectivity index (χ2v) is 7.19. The number of aliphatic hydroxyl groups is 1. The fraction of sp³-hybridized carbons (Fsp3) is 0.833. The van der Waals surface area contributed by atoms with Crippen LogP contribution in [0, 0.1) is 0 Å². The summed E-state index contributed by atoms with van der Waals surface area (Å²) in [7, 11) is 5.10. The van der Waals surface area contributed by atoms with Crippen LogP contribution in [-0.4, -0.2) is 47.7 Å². The third-order valence-corrected chi connectivity index (χ3v) is 5.92. The van der Waals surface area contributed by atoms with Gasteiger partial charge in [-0.05, 0) is 19.3 Å². The van der Waals surface area contributed by atoms with Gasteiger partial charge < -0.3 is 15.2 Å². The number of aliphatic hydroxyl groups excluding tert-OH is 1. The van der Waals surface area contributed by atoms with Gasteiger partial charge in [-0.3, -0.25) is 4.79 Å². The molecule has 0 aliphatic carbocycles. The van der Waals surface area contributed by atoms with Gasteiger partial charge in [0.25, 0.3) is 0 Å². The van der Waals surface area contributed by atoms with E-state index in [0.717, 1.165) is 24.5 Å². The number of amides is 1. The number of carbonyl (C=O) groups is 2. The topological polar surface area (TPSA) is 75.6 Å². The smallest absolute Gasteiger partial charge is 0.330 e. The van der Waals surface area contributed by atoms with Crippen molar-refractivity contribution in [2.75, 3.05) is 19.5 Å². The normalized spacial score (nSPS) is 20.0. The SMILES string of the molecule is COC(=O)[C@H](CO)NC(=O)CCCCC1CCSS1. The van der Waals surface area contributed by atoms with Crippen LogP contribution >= 0.6 is 21.6 Å². The molecule has 5 nitrogen and oxygen atoms in total. The van der Waals surface area contributed by atoms with Gasteiger partial charge in [0.1, 0.15) is 0 Å². The molecule has 2 atom stereocenters. The summed E-state index contributed by atoms with van der Waals surface area (Å²) >= 11 is 0. The predicted octanol–water partition coefficient (Wildman–Crippen LogP) is 1.35. The van der Waals surface area contributed by atoms with Crippen molar-refractivity contribution in [3.8, 4) is 0 Å². The van der Waals surface area contributed by atoms with Crippen molar-refractivity contribution in [2.45, 2.75) is 43.4 Å². The molecule has 1 unspecified atom stereocenters. The Balaban J connectivity index is 2.10. The van der Waals surface area contributed by atoms with Crippen LogP contribution in [0.4, 0.5) is 0 Å². The molecule has 1 heterocycles. The summed E-state index contributed by atoms with van der Waals surface area (Å²) in [5, 5.41) is 12.2. The summed E-state index contributed by atoms with van der Waals surface area (Å²) in [6.07, 6.45) is 4.63. The van der Waals surface area contributed by atoms with E-state index in [0.29, 0.717) is 6.42 Å². The lowest BCUT2D eigenvalue weighted by molar-refractivity contribution is -0.146. The van der Waals surface area contributed by atoms with Gasteiger partial charge in [0, 0.05) is 17.4 Å². The first kappa shape index (κ1) is 16.7. The molecule has 1 aliphatic rings. The fourth-order valence-corrected chi connectivity index (χ4v) is 4.84. The van der Waals surface area contributed by atoms with Gasteiger partial charge in [0.15, 0.2) is 6.04 Å². The van der Waals surface area contributed by atoms with E-state index in [-0.39, 0.29) is 5.91 Å². The molecule has 7 heteroatoms. The first-order chi connectivity index (χ1) is 9.17. The Kier molecular flexibility index (Phi) is 8.32. The second kappa shape index (κ2) is 9.50. The Labute approximate surface area is 121 Å². The van der Waals surface area contributed by atoms with Crippen molar-refractivity contribution < 1.29 is 19.4 Å². The van der Waals surface area contributed by atoms with Crippen LogP contribution in [0.15, 0.2) is 0 Å². The lowest BCUT2D eigenvalue weighted by atomic mass is 10.1. The Bertz CT molecular complexity index is 295. The van der Waals surface area contributed by atoms with Crippen molar-refractivity contribution in [1.29, 1.82) is 0 Å². The number of ether oxygens (including phenoxy) is 1. The molecule has 1 fully saturated rings. The van der Waals surface area contributed by atoms with Crippen LogP contribution in [0.3, 0.4) is 0 Å². The second-order valence-electron chi connectivity index (χ2n) is 4.40. The molecule has 1 rings (SSSR count). The van der Waals surface area contributed by atoms with Gasteiger partial charge in [0.2, 0.25) is 5.91 Å². The largest absolute Gasteiger partial charge is 0.467 e. The van der Waals surface area contributed by atoms with Crippen molar-refractivity contribution >= 4 is 33.5 Å². The highest BCUT2D eigenvalue weighted by Crippen LogP contribution is 2.39. The van der Waals surface area contributed by atoms with Gasteiger partial charge in [-0.15, -0.1) is 0 Å². The molecule has 0 aromatic heterocycles. The first-order valence-corrected chi connectivity index (χ1v) is 8.82. The summed E-state index contributed by atoms with van der Waals surface area (Å²) in [5.41, 5.74) is 0. The zero-order valence-electron chi connectivity index (χ0n) is 11.1. The number of esters is 1. The number of hydrogen-bond acceptors (Lipinski definition) is 6. The molecule has 1 saturated heterocycles. The van der Waals surface area contributed by atoms with Crippen molar-refractivity contribution in [3.05, 3.63) is 0 Å². The zero-order chi connectivity index (χ0) is 14.1.